The molecule has 2 aromatic carbocycles. The highest BCUT2D eigenvalue weighted by atomic mass is 19.4. The number of aryl methyl sites for hydroxylation is 2. The number of carbonyl (C=O) groups is 1. The lowest BCUT2D eigenvalue weighted by Gasteiger charge is -2.31. The van der Waals surface area contributed by atoms with Crippen LogP contribution >= 0.6 is 0 Å². The Hall–Kier alpha value is -4.94. The topological polar surface area (TPSA) is 103 Å². The normalized spacial score (nSPS) is 14.6. The lowest BCUT2D eigenvalue weighted by atomic mass is 9.95. The number of alkyl halides is 3. The molecule has 2 atom stereocenters. The third kappa shape index (κ3) is 5.99. The number of aromatic nitrogens is 5. The second kappa shape index (κ2) is 13.2. The molecule has 0 saturated heterocycles. The van der Waals surface area contributed by atoms with Crippen LogP contribution in [0, 0.1) is 11.7 Å². The predicted octanol–water partition coefficient (Wildman–Crippen LogP) is 7.59. The summed E-state index contributed by atoms with van der Waals surface area (Å²) in [5, 5.41) is 15.8. The van der Waals surface area contributed by atoms with Crippen molar-refractivity contribution < 1.29 is 27.5 Å². The van der Waals surface area contributed by atoms with Gasteiger partial charge >= 0.3 is 12.1 Å². The molecule has 0 radical (unpaired) electrons. The van der Waals surface area contributed by atoms with E-state index in [1.807, 2.05) is 36.7 Å². The molecule has 258 valence electrons. The maximum absolute atomic E-state index is 17.0. The van der Waals surface area contributed by atoms with Gasteiger partial charge in [0.05, 0.1) is 33.8 Å². The van der Waals surface area contributed by atoms with Gasteiger partial charge in [0.2, 0.25) is 5.95 Å². The molecule has 1 aliphatic rings. The van der Waals surface area contributed by atoms with Crippen molar-refractivity contribution in [2.75, 3.05) is 23.4 Å². The van der Waals surface area contributed by atoms with Crippen molar-refractivity contribution in [2.24, 2.45) is 5.92 Å². The van der Waals surface area contributed by atoms with E-state index in [4.69, 9.17) is 5.10 Å². The molecule has 9 nitrogen and oxygen atoms in total. The number of aromatic amines is 1. The minimum absolute atomic E-state index is 0.134. The van der Waals surface area contributed by atoms with Crippen molar-refractivity contribution in [1.29, 1.82) is 0 Å². The van der Waals surface area contributed by atoms with E-state index in [1.165, 1.54) is 6.07 Å². The van der Waals surface area contributed by atoms with Crippen molar-refractivity contribution >= 4 is 28.5 Å². The average Bonchev–Trinajstić information content (AvgIpc) is 3.72. The largest absolute Gasteiger partial charge is 0.480 e. The molecule has 5 aromatic rings. The van der Waals surface area contributed by atoms with Crippen LogP contribution < -0.4 is 9.80 Å². The number of rotatable bonds is 10. The number of benzene rings is 2. The van der Waals surface area contributed by atoms with Crippen LogP contribution in [0.3, 0.4) is 0 Å². The second-order valence-corrected chi connectivity index (χ2v) is 12.6. The fraction of sp³-hybridized carbons (Fsp3) is 0.389. The standard InChI is InChI=1S/C36H39F4N7O2/c1-6-20(4)31(34(48)49)45(5)28-16-26(37)29(24-12-14-41-30(24)28)33-25-19-46(35-42-17-23(18-43-35)36(38,39)40)15-13-27(25)44-47(33)32-21(7-2)10-9-11-22(32)8-3/h9-12,14,16-18,20,31,41H,6-8,13,15,19H2,1-5H3,(H,48,49)/t20-,31-/m0/s1. The molecule has 49 heavy (non-hydrogen) atoms. The Labute approximate surface area is 281 Å². The Morgan fingerprint density at radius 1 is 1.10 bits per heavy atom. The van der Waals surface area contributed by atoms with Gasteiger partial charge in [-0.25, -0.2) is 23.8 Å². The molecule has 0 saturated carbocycles. The minimum atomic E-state index is -4.57. The van der Waals surface area contributed by atoms with Crippen LogP contribution in [0.1, 0.15) is 62.1 Å². The third-order valence-corrected chi connectivity index (χ3v) is 9.70. The van der Waals surface area contributed by atoms with Crippen LogP contribution in [0.15, 0.2) is 48.9 Å². The van der Waals surface area contributed by atoms with Crippen LogP contribution in [0.25, 0.3) is 27.8 Å². The molecule has 0 unspecified atom stereocenters. The van der Waals surface area contributed by atoms with Gasteiger partial charge in [-0.1, -0.05) is 52.3 Å². The van der Waals surface area contributed by atoms with E-state index in [9.17, 15) is 23.1 Å². The average molecular weight is 678 g/mol. The van der Waals surface area contributed by atoms with E-state index >= 15 is 4.39 Å². The summed E-state index contributed by atoms with van der Waals surface area (Å²) in [6, 6.07) is 8.33. The summed E-state index contributed by atoms with van der Waals surface area (Å²) in [7, 11) is 1.67. The second-order valence-electron chi connectivity index (χ2n) is 12.6. The van der Waals surface area contributed by atoms with Gasteiger partial charge < -0.3 is 19.9 Å². The number of hydrogen-bond donors (Lipinski definition) is 2. The smallest absolute Gasteiger partial charge is 0.419 e. The van der Waals surface area contributed by atoms with E-state index in [1.54, 1.807) is 29.1 Å². The molecule has 0 aliphatic carbocycles. The van der Waals surface area contributed by atoms with Crippen LogP contribution in [-0.4, -0.2) is 55.4 Å². The zero-order chi connectivity index (χ0) is 35.2. The van der Waals surface area contributed by atoms with Gasteiger partial charge in [0, 0.05) is 67.7 Å². The first-order valence-corrected chi connectivity index (χ1v) is 16.5. The van der Waals surface area contributed by atoms with E-state index in [-0.39, 0.29) is 18.4 Å². The van der Waals surface area contributed by atoms with Gasteiger partial charge in [0.15, 0.2) is 0 Å². The minimum Gasteiger partial charge on any atom is -0.480 e. The monoisotopic (exact) mass is 677 g/mol. The number of halogens is 4. The van der Waals surface area contributed by atoms with Crippen LogP contribution in [0.4, 0.5) is 29.2 Å². The SMILES string of the molecule is CCc1cccc(CC)c1-n1nc2c(c1-c1c(F)cc(N(C)[C@H](C(=O)O)[C@@H](C)CC)c3[nH]ccc13)CN(c1ncc(C(F)(F)F)cn1)CC2. The van der Waals surface area contributed by atoms with E-state index < -0.39 is 29.6 Å². The number of para-hydroxylation sites is 1. The number of carboxylic acids is 1. The van der Waals surface area contributed by atoms with Gasteiger partial charge in [0.25, 0.3) is 0 Å². The zero-order valence-corrected chi connectivity index (χ0v) is 28.1. The molecule has 0 spiro atoms. The Morgan fingerprint density at radius 2 is 1.78 bits per heavy atom. The summed E-state index contributed by atoms with van der Waals surface area (Å²) in [4.78, 5) is 27.1. The van der Waals surface area contributed by atoms with Crippen molar-refractivity contribution in [3.63, 3.8) is 0 Å². The molecule has 0 fully saturated rings. The number of carboxylic acid groups (broad SMARTS) is 1. The summed E-state index contributed by atoms with van der Waals surface area (Å²) in [6.07, 6.45) is 1.15. The summed E-state index contributed by atoms with van der Waals surface area (Å²) in [5.41, 5.74) is 5.26. The van der Waals surface area contributed by atoms with E-state index in [0.717, 1.165) is 34.9 Å². The lowest BCUT2D eigenvalue weighted by molar-refractivity contribution is -0.140. The molecule has 1 aliphatic heterocycles. The van der Waals surface area contributed by atoms with Crippen LogP contribution in [-0.2, 0) is 36.8 Å². The summed E-state index contributed by atoms with van der Waals surface area (Å²) in [6.45, 7) is 8.48. The Bertz CT molecular complexity index is 1980. The number of H-pyrrole nitrogens is 1. The highest BCUT2D eigenvalue weighted by Gasteiger charge is 2.35. The molecule has 0 amide bonds. The van der Waals surface area contributed by atoms with Crippen LogP contribution in [0.2, 0.25) is 0 Å². The molecule has 13 heteroatoms. The molecule has 4 heterocycles. The number of anilines is 2. The lowest BCUT2D eigenvalue weighted by Crippen LogP contribution is -2.43. The zero-order valence-electron chi connectivity index (χ0n) is 28.1. The molecule has 6 rings (SSSR count). The van der Waals surface area contributed by atoms with Crippen molar-refractivity contribution in [2.45, 2.75) is 72.1 Å². The van der Waals surface area contributed by atoms with Crippen molar-refractivity contribution in [1.82, 2.24) is 24.7 Å². The number of hydrogen-bond acceptors (Lipinski definition) is 6. The maximum Gasteiger partial charge on any atom is 0.419 e. The van der Waals surface area contributed by atoms with E-state index in [2.05, 4.69) is 28.8 Å². The van der Waals surface area contributed by atoms with Gasteiger partial charge in [-0.05, 0) is 36.0 Å². The fourth-order valence-corrected chi connectivity index (χ4v) is 6.95. The van der Waals surface area contributed by atoms with E-state index in [0.29, 0.717) is 65.6 Å². The molecular formula is C36H39F4N7O2. The Kier molecular flexibility index (Phi) is 9.12. The van der Waals surface area contributed by atoms with Crippen LogP contribution in [0.5, 0.6) is 0 Å². The third-order valence-electron chi connectivity index (χ3n) is 9.70. The summed E-state index contributed by atoms with van der Waals surface area (Å²) >= 11 is 0. The van der Waals surface area contributed by atoms with Gasteiger partial charge in [-0.2, -0.15) is 18.3 Å². The first-order valence-electron chi connectivity index (χ1n) is 16.5. The highest BCUT2D eigenvalue weighted by molar-refractivity contribution is 6.03. The number of fused-ring (bicyclic) bond motifs is 2. The Morgan fingerprint density at radius 3 is 2.37 bits per heavy atom. The first kappa shape index (κ1) is 33.9. The number of likely N-dealkylation sites (N-methyl/N-ethyl adjacent to an activating group) is 1. The molecular weight excluding hydrogens is 638 g/mol. The number of nitrogens with zero attached hydrogens (tertiary/aromatic N) is 6. The molecule has 3 aromatic heterocycles. The summed E-state index contributed by atoms with van der Waals surface area (Å²) in [5.74, 6) is -1.63. The quantitative estimate of drug-likeness (QED) is 0.147. The van der Waals surface area contributed by atoms with Gasteiger partial charge in [-0.15, -0.1) is 0 Å². The van der Waals surface area contributed by atoms with Crippen molar-refractivity contribution in [3.8, 4) is 16.9 Å². The number of aliphatic carboxylic acids is 1. The Balaban J connectivity index is 1.58. The maximum atomic E-state index is 17.0. The van der Waals surface area contributed by atoms with Gasteiger partial charge in [-0.3, -0.25) is 0 Å². The predicted molar refractivity (Wildman–Crippen MR) is 181 cm³/mol. The highest BCUT2D eigenvalue weighted by Crippen LogP contribution is 2.43. The number of nitrogens with one attached hydrogen (secondary N) is 1. The first-order chi connectivity index (χ1) is 23.4. The van der Waals surface area contributed by atoms with Gasteiger partial charge in [0.1, 0.15) is 11.9 Å². The van der Waals surface area contributed by atoms with Crippen molar-refractivity contribution in [3.05, 3.63) is 82.7 Å². The fourth-order valence-electron chi connectivity index (χ4n) is 6.95. The molecule has 0 bridgehead atoms. The molecule has 2 N–H and O–H groups in total. The summed E-state index contributed by atoms with van der Waals surface area (Å²) < 4.78 is 58.6.